The van der Waals surface area contributed by atoms with Crippen LogP contribution in [0.15, 0.2) is 53.3 Å². The van der Waals surface area contributed by atoms with Gasteiger partial charge in [0.05, 0.1) is 23.3 Å². The quantitative estimate of drug-likeness (QED) is 0.344. The van der Waals surface area contributed by atoms with E-state index in [4.69, 9.17) is 23.2 Å². The Morgan fingerprint density at radius 1 is 1.08 bits per heavy atom. The molecule has 1 aliphatic rings. The number of halogens is 5. The van der Waals surface area contributed by atoms with Crippen molar-refractivity contribution >= 4 is 29.1 Å². The lowest BCUT2D eigenvalue weighted by Crippen LogP contribution is -2.37. The molecule has 10 nitrogen and oxygen atoms in total. The Kier molecular flexibility index (Phi) is 7.23. The molecule has 0 radical (unpaired) electrons. The minimum atomic E-state index is -4.95. The van der Waals surface area contributed by atoms with Crippen LogP contribution in [-0.2, 0) is 17.9 Å². The van der Waals surface area contributed by atoms with E-state index in [2.05, 4.69) is 20.5 Å². The lowest BCUT2D eigenvalue weighted by Gasteiger charge is -2.15. The fourth-order valence-corrected chi connectivity index (χ4v) is 4.54. The second kappa shape index (κ2) is 10.5. The van der Waals surface area contributed by atoms with Crippen molar-refractivity contribution in [3.63, 3.8) is 0 Å². The number of carbonyl (C=O) groups is 1. The molecule has 15 heteroatoms. The van der Waals surface area contributed by atoms with Gasteiger partial charge in [0.15, 0.2) is 23.6 Å². The SMILES string of the molecule is O=C1CC[C@@H](c2nc(Cn3nc(-c4ccc(Cl)cc4)n(CC(O)C(F)(F)F)c3=O)nn2-c2ccccc2Cl)N1. The highest BCUT2D eigenvalue weighted by Crippen LogP contribution is 2.28. The fraction of sp³-hybridized carbons (Fsp3) is 0.292. The van der Waals surface area contributed by atoms with Crippen molar-refractivity contribution in [1.29, 1.82) is 0 Å². The summed E-state index contributed by atoms with van der Waals surface area (Å²) in [6, 6.07) is 12.4. The number of amides is 1. The van der Waals surface area contributed by atoms with Gasteiger partial charge in [-0.1, -0.05) is 35.3 Å². The smallest absolute Gasteiger partial charge is 0.382 e. The highest BCUT2D eigenvalue weighted by atomic mass is 35.5. The molecule has 5 rings (SSSR count). The Labute approximate surface area is 228 Å². The first-order valence-corrected chi connectivity index (χ1v) is 12.5. The molecule has 4 aromatic rings. The summed E-state index contributed by atoms with van der Waals surface area (Å²) < 4.78 is 42.6. The van der Waals surface area contributed by atoms with Gasteiger partial charge in [0.2, 0.25) is 5.91 Å². The highest BCUT2D eigenvalue weighted by molar-refractivity contribution is 6.32. The third-order valence-corrected chi connectivity index (χ3v) is 6.69. The number of aliphatic hydroxyl groups is 1. The molecule has 0 aliphatic carbocycles. The van der Waals surface area contributed by atoms with E-state index in [1.807, 2.05) is 0 Å². The van der Waals surface area contributed by atoms with Crippen LogP contribution in [0.5, 0.6) is 0 Å². The molecule has 1 aliphatic heterocycles. The number of hydrogen-bond acceptors (Lipinski definition) is 6. The predicted molar refractivity (Wildman–Crippen MR) is 135 cm³/mol. The number of alkyl halides is 3. The van der Waals surface area contributed by atoms with Gasteiger partial charge in [-0.15, -0.1) is 10.2 Å². The molecule has 1 saturated heterocycles. The Balaban J connectivity index is 1.57. The molecule has 2 aromatic heterocycles. The van der Waals surface area contributed by atoms with Crippen molar-refractivity contribution in [2.45, 2.75) is 44.3 Å². The number of carbonyl (C=O) groups excluding carboxylic acids is 1. The van der Waals surface area contributed by atoms with Gasteiger partial charge in [0, 0.05) is 17.0 Å². The number of rotatable bonds is 7. The molecule has 0 spiro atoms. The largest absolute Gasteiger partial charge is 0.416 e. The van der Waals surface area contributed by atoms with Gasteiger partial charge in [-0.05, 0) is 42.8 Å². The monoisotopic (exact) mass is 581 g/mol. The number of aliphatic hydroxyl groups excluding tert-OH is 1. The minimum Gasteiger partial charge on any atom is -0.382 e. The van der Waals surface area contributed by atoms with Crippen LogP contribution < -0.4 is 11.0 Å². The van der Waals surface area contributed by atoms with E-state index in [1.54, 1.807) is 24.3 Å². The molecule has 0 saturated carbocycles. The molecule has 3 heterocycles. The summed E-state index contributed by atoms with van der Waals surface area (Å²) in [4.78, 5) is 29.6. The zero-order chi connectivity index (χ0) is 27.9. The summed E-state index contributed by atoms with van der Waals surface area (Å²) in [6.07, 6.45) is -6.99. The van der Waals surface area contributed by atoms with Crippen LogP contribution in [-0.4, -0.2) is 52.4 Å². The average molecular weight is 582 g/mol. The van der Waals surface area contributed by atoms with E-state index in [0.717, 1.165) is 9.25 Å². The molecule has 204 valence electrons. The van der Waals surface area contributed by atoms with Gasteiger partial charge in [0.25, 0.3) is 0 Å². The first-order chi connectivity index (χ1) is 18.5. The second-order valence-electron chi connectivity index (χ2n) is 8.85. The number of nitrogens with one attached hydrogen (secondary N) is 1. The van der Waals surface area contributed by atoms with Gasteiger partial charge >= 0.3 is 11.9 Å². The molecule has 1 fully saturated rings. The third-order valence-electron chi connectivity index (χ3n) is 6.11. The summed E-state index contributed by atoms with van der Waals surface area (Å²) in [7, 11) is 0. The summed E-state index contributed by atoms with van der Waals surface area (Å²) in [5.74, 6) is 0.230. The Hall–Kier alpha value is -3.68. The van der Waals surface area contributed by atoms with Crippen LogP contribution >= 0.6 is 23.2 Å². The maximum Gasteiger partial charge on any atom is 0.416 e. The van der Waals surface area contributed by atoms with Gasteiger partial charge in [-0.3, -0.25) is 9.36 Å². The first-order valence-electron chi connectivity index (χ1n) is 11.7. The van der Waals surface area contributed by atoms with Gasteiger partial charge in [-0.25, -0.2) is 19.1 Å². The van der Waals surface area contributed by atoms with Crippen molar-refractivity contribution in [2.75, 3.05) is 0 Å². The molecule has 0 bridgehead atoms. The van der Waals surface area contributed by atoms with E-state index in [-0.39, 0.29) is 24.1 Å². The standard InChI is InChI=1S/C24H20Cl2F3N7O3/c25-14-7-5-13(6-8-14)21-33-35(23(39)34(21)11-18(37)24(27,28)29)12-19-31-22(16-9-10-20(38)30-16)36(32-19)17-4-2-1-3-15(17)26/h1-8,16,18,37H,9-12H2,(H,30,38)/t16-,18?/m0/s1. The number of benzene rings is 2. The van der Waals surface area contributed by atoms with Crippen molar-refractivity contribution in [1.82, 2.24) is 34.4 Å². The van der Waals surface area contributed by atoms with Gasteiger partial charge in [-0.2, -0.15) is 13.2 Å². The molecular weight excluding hydrogens is 562 g/mol. The lowest BCUT2D eigenvalue weighted by atomic mass is 10.2. The molecule has 2 N–H and O–H groups in total. The third kappa shape index (κ3) is 5.56. The molecule has 2 atom stereocenters. The van der Waals surface area contributed by atoms with E-state index >= 15 is 0 Å². The van der Waals surface area contributed by atoms with Crippen molar-refractivity contribution in [2.24, 2.45) is 0 Å². The van der Waals surface area contributed by atoms with Crippen molar-refractivity contribution in [3.8, 4) is 17.1 Å². The van der Waals surface area contributed by atoms with Crippen LogP contribution in [0.25, 0.3) is 17.1 Å². The van der Waals surface area contributed by atoms with Crippen LogP contribution in [0, 0.1) is 0 Å². The molecule has 1 amide bonds. The van der Waals surface area contributed by atoms with E-state index in [1.165, 1.54) is 28.9 Å². The van der Waals surface area contributed by atoms with Crippen molar-refractivity contribution < 1.29 is 23.1 Å². The maximum atomic E-state index is 13.2. The van der Waals surface area contributed by atoms with Gasteiger partial charge < -0.3 is 10.4 Å². The average Bonchev–Trinajstić information content (AvgIpc) is 3.58. The molecular formula is C24H20Cl2F3N7O3. The summed E-state index contributed by atoms with van der Waals surface area (Å²) in [6.45, 7) is -1.37. The van der Waals surface area contributed by atoms with Crippen LogP contribution in [0.1, 0.15) is 30.5 Å². The maximum absolute atomic E-state index is 13.2. The van der Waals surface area contributed by atoms with E-state index in [0.29, 0.717) is 40.0 Å². The van der Waals surface area contributed by atoms with Gasteiger partial charge in [0.1, 0.15) is 6.54 Å². The number of para-hydroxylation sites is 1. The Morgan fingerprint density at radius 3 is 2.44 bits per heavy atom. The summed E-state index contributed by atoms with van der Waals surface area (Å²) in [5, 5.41) is 22.0. The molecule has 1 unspecified atom stereocenters. The number of nitrogens with zero attached hydrogens (tertiary/aromatic N) is 6. The summed E-state index contributed by atoms with van der Waals surface area (Å²) >= 11 is 12.3. The highest BCUT2D eigenvalue weighted by Gasteiger charge is 2.39. The lowest BCUT2D eigenvalue weighted by molar-refractivity contribution is -0.207. The second-order valence-corrected chi connectivity index (χ2v) is 9.69. The minimum absolute atomic E-state index is 0.103. The van der Waals surface area contributed by atoms with Crippen LogP contribution in [0.2, 0.25) is 10.0 Å². The number of hydrogen-bond donors (Lipinski definition) is 2. The van der Waals surface area contributed by atoms with Crippen molar-refractivity contribution in [3.05, 3.63) is 80.7 Å². The Bertz CT molecular complexity index is 1580. The number of aromatic nitrogens is 6. The molecule has 39 heavy (non-hydrogen) atoms. The van der Waals surface area contributed by atoms with Crippen LogP contribution in [0.3, 0.4) is 0 Å². The fourth-order valence-electron chi connectivity index (χ4n) is 4.20. The normalized spacial score (nSPS) is 16.5. The van der Waals surface area contributed by atoms with E-state index in [9.17, 15) is 27.9 Å². The molecule has 2 aromatic carbocycles. The zero-order valence-corrected chi connectivity index (χ0v) is 21.5. The first kappa shape index (κ1) is 26.9. The topological polar surface area (TPSA) is 120 Å². The van der Waals surface area contributed by atoms with Crippen LogP contribution in [0.4, 0.5) is 13.2 Å². The Morgan fingerprint density at radius 2 is 1.79 bits per heavy atom. The van der Waals surface area contributed by atoms with E-state index < -0.39 is 30.6 Å². The zero-order valence-electron chi connectivity index (χ0n) is 19.9. The predicted octanol–water partition coefficient (Wildman–Crippen LogP) is 3.52. The summed E-state index contributed by atoms with van der Waals surface area (Å²) in [5.41, 5.74) is -0.108.